The van der Waals surface area contributed by atoms with Crippen molar-refractivity contribution in [3.05, 3.63) is 100 Å². The van der Waals surface area contributed by atoms with Crippen LogP contribution in [0.3, 0.4) is 0 Å². The van der Waals surface area contributed by atoms with Gasteiger partial charge in [0.2, 0.25) is 0 Å². The van der Waals surface area contributed by atoms with Crippen molar-refractivity contribution >= 4 is 17.2 Å². The average Bonchev–Trinajstić information content (AvgIpc) is 2.78. The van der Waals surface area contributed by atoms with Crippen LogP contribution in [0, 0.1) is 13.8 Å². The maximum atomic E-state index is 12.2. The van der Waals surface area contributed by atoms with Crippen LogP contribution in [0.4, 0.5) is 5.69 Å². The van der Waals surface area contributed by atoms with E-state index < -0.39 is 0 Å². The summed E-state index contributed by atoms with van der Waals surface area (Å²) in [6.07, 6.45) is 1.71. The number of pyridine rings is 1. The van der Waals surface area contributed by atoms with Gasteiger partial charge in [0.25, 0.3) is 11.5 Å². The summed E-state index contributed by atoms with van der Waals surface area (Å²) in [6, 6.07) is 19.7. The number of nitrogens with one attached hydrogen (secondary N) is 1. The number of amides is 1. The molecule has 4 rings (SSSR count). The predicted octanol–water partition coefficient (Wildman–Crippen LogP) is 3.91. The van der Waals surface area contributed by atoms with Crippen molar-refractivity contribution < 1.29 is 14.3 Å². The van der Waals surface area contributed by atoms with E-state index in [1.165, 1.54) is 10.5 Å². The van der Waals surface area contributed by atoms with Gasteiger partial charge in [-0.25, -0.2) is 4.98 Å². The molecular formula is C25H23N3O4. The first kappa shape index (κ1) is 21.1. The van der Waals surface area contributed by atoms with Crippen molar-refractivity contribution in [2.24, 2.45) is 0 Å². The average molecular weight is 429 g/mol. The highest BCUT2D eigenvalue weighted by atomic mass is 16.5. The molecule has 0 unspecified atom stereocenters. The standard InChI is InChI=1S/C25H23N3O4/c1-17-3-7-21(8-4-17)32-16-24(29)27-19-5-9-22(10-6-19)31-15-20-14-25(30)28-12-11-18(2)13-23(28)26-20/h3-14H,15-16H2,1-2H3,(H,27,29). The van der Waals surface area contributed by atoms with Crippen LogP contribution >= 0.6 is 0 Å². The molecule has 1 amide bonds. The Kier molecular flexibility index (Phi) is 6.17. The fraction of sp³-hybridized carbons (Fsp3) is 0.160. The van der Waals surface area contributed by atoms with E-state index in [-0.39, 0.29) is 24.7 Å². The molecule has 32 heavy (non-hydrogen) atoms. The molecule has 4 aromatic rings. The number of benzene rings is 2. The second-order valence-corrected chi connectivity index (χ2v) is 7.48. The highest BCUT2D eigenvalue weighted by molar-refractivity contribution is 5.91. The third kappa shape index (κ3) is 5.31. The lowest BCUT2D eigenvalue weighted by atomic mass is 10.2. The molecule has 162 valence electrons. The Balaban J connectivity index is 1.32. The summed E-state index contributed by atoms with van der Waals surface area (Å²) < 4.78 is 12.7. The number of aromatic nitrogens is 2. The predicted molar refractivity (Wildman–Crippen MR) is 122 cm³/mol. The fourth-order valence-corrected chi connectivity index (χ4v) is 3.10. The summed E-state index contributed by atoms with van der Waals surface area (Å²) in [5.74, 6) is 0.993. The molecule has 7 heteroatoms. The van der Waals surface area contributed by atoms with E-state index in [2.05, 4.69) is 10.3 Å². The largest absolute Gasteiger partial charge is 0.487 e. The Bertz CT molecular complexity index is 1300. The summed E-state index contributed by atoms with van der Waals surface area (Å²) in [6.45, 7) is 4.02. The zero-order valence-electron chi connectivity index (χ0n) is 17.9. The monoisotopic (exact) mass is 429 g/mol. The number of rotatable bonds is 7. The second kappa shape index (κ2) is 9.34. The molecular weight excluding hydrogens is 406 g/mol. The van der Waals surface area contributed by atoms with Gasteiger partial charge >= 0.3 is 0 Å². The SMILES string of the molecule is Cc1ccc(OCC(=O)Nc2ccc(OCc3cc(=O)n4ccc(C)cc4n3)cc2)cc1. The van der Waals surface area contributed by atoms with Crippen LogP contribution in [-0.4, -0.2) is 21.9 Å². The zero-order valence-corrected chi connectivity index (χ0v) is 17.9. The summed E-state index contributed by atoms with van der Waals surface area (Å²) in [5, 5.41) is 2.78. The van der Waals surface area contributed by atoms with E-state index >= 15 is 0 Å². The van der Waals surface area contributed by atoms with Gasteiger partial charge in [-0.1, -0.05) is 17.7 Å². The van der Waals surface area contributed by atoms with Gasteiger partial charge in [-0.15, -0.1) is 0 Å². The third-order valence-corrected chi connectivity index (χ3v) is 4.79. The van der Waals surface area contributed by atoms with Crippen molar-refractivity contribution in [3.63, 3.8) is 0 Å². The lowest BCUT2D eigenvalue weighted by Gasteiger charge is -2.10. The number of anilines is 1. The summed E-state index contributed by atoms with van der Waals surface area (Å²) in [5.41, 5.74) is 3.76. The molecule has 0 saturated heterocycles. The van der Waals surface area contributed by atoms with Gasteiger partial charge < -0.3 is 14.8 Å². The van der Waals surface area contributed by atoms with Crippen LogP contribution in [0.2, 0.25) is 0 Å². The Labute approximate surface area is 185 Å². The molecule has 0 spiro atoms. The minimum atomic E-state index is -0.254. The number of carbonyl (C=O) groups is 1. The van der Waals surface area contributed by atoms with Gasteiger partial charge in [-0.3, -0.25) is 14.0 Å². The smallest absolute Gasteiger partial charge is 0.262 e. The number of ether oxygens (including phenoxy) is 2. The molecule has 2 aromatic heterocycles. The van der Waals surface area contributed by atoms with E-state index in [1.807, 2.05) is 50.2 Å². The second-order valence-electron chi connectivity index (χ2n) is 7.48. The van der Waals surface area contributed by atoms with Gasteiger partial charge in [-0.05, 0) is 67.9 Å². The number of fused-ring (bicyclic) bond motifs is 1. The molecule has 0 saturated carbocycles. The Hall–Kier alpha value is -4.13. The van der Waals surface area contributed by atoms with Crippen molar-refractivity contribution in [1.29, 1.82) is 0 Å². The van der Waals surface area contributed by atoms with E-state index in [9.17, 15) is 9.59 Å². The van der Waals surface area contributed by atoms with Crippen LogP contribution in [-0.2, 0) is 11.4 Å². The zero-order chi connectivity index (χ0) is 22.5. The molecule has 0 atom stereocenters. The Morgan fingerprint density at radius 2 is 1.59 bits per heavy atom. The van der Waals surface area contributed by atoms with Crippen molar-refractivity contribution in [2.75, 3.05) is 11.9 Å². The van der Waals surface area contributed by atoms with Gasteiger partial charge in [0.05, 0.1) is 5.69 Å². The summed E-state index contributed by atoms with van der Waals surface area (Å²) >= 11 is 0. The molecule has 7 nitrogen and oxygen atoms in total. The van der Waals surface area contributed by atoms with E-state index in [0.717, 1.165) is 11.1 Å². The van der Waals surface area contributed by atoms with Gasteiger partial charge in [0, 0.05) is 18.0 Å². The lowest BCUT2D eigenvalue weighted by Crippen LogP contribution is -2.20. The van der Waals surface area contributed by atoms with Crippen LogP contribution in [0.5, 0.6) is 11.5 Å². The minimum absolute atomic E-state index is 0.0794. The Morgan fingerprint density at radius 3 is 2.34 bits per heavy atom. The molecule has 0 fully saturated rings. The molecule has 0 aliphatic carbocycles. The molecule has 0 aliphatic heterocycles. The fourth-order valence-electron chi connectivity index (χ4n) is 3.10. The summed E-state index contributed by atoms with van der Waals surface area (Å²) in [4.78, 5) is 28.8. The Morgan fingerprint density at radius 1 is 0.906 bits per heavy atom. The highest BCUT2D eigenvalue weighted by Crippen LogP contribution is 2.17. The topological polar surface area (TPSA) is 81.9 Å². The number of carbonyl (C=O) groups excluding carboxylic acids is 1. The third-order valence-electron chi connectivity index (χ3n) is 4.79. The minimum Gasteiger partial charge on any atom is -0.487 e. The lowest BCUT2D eigenvalue weighted by molar-refractivity contribution is -0.118. The molecule has 2 aromatic carbocycles. The normalized spacial score (nSPS) is 10.7. The van der Waals surface area contributed by atoms with E-state index in [0.29, 0.717) is 28.5 Å². The van der Waals surface area contributed by atoms with Gasteiger partial charge in [-0.2, -0.15) is 0 Å². The number of nitrogens with zero attached hydrogens (tertiary/aromatic N) is 2. The van der Waals surface area contributed by atoms with E-state index in [1.54, 1.807) is 30.5 Å². The van der Waals surface area contributed by atoms with Gasteiger partial charge in [0.1, 0.15) is 23.8 Å². The number of hydrogen-bond acceptors (Lipinski definition) is 5. The van der Waals surface area contributed by atoms with E-state index in [4.69, 9.17) is 9.47 Å². The highest BCUT2D eigenvalue weighted by Gasteiger charge is 2.06. The quantitative estimate of drug-likeness (QED) is 0.482. The van der Waals surface area contributed by atoms with Crippen molar-refractivity contribution in [2.45, 2.75) is 20.5 Å². The maximum absolute atomic E-state index is 12.2. The first-order chi connectivity index (χ1) is 15.5. The number of hydrogen-bond donors (Lipinski definition) is 1. The number of aryl methyl sites for hydroxylation is 2. The van der Waals surface area contributed by atoms with Crippen LogP contribution < -0.4 is 20.3 Å². The molecule has 2 heterocycles. The van der Waals surface area contributed by atoms with Crippen molar-refractivity contribution in [1.82, 2.24) is 9.38 Å². The molecule has 1 N–H and O–H groups in total. The van der Waals surface area contributed by atoms with Crippen LogP contribution in [0.25, 0.3) is 5.65 Å². The molecule has 0 bridgehead atoms. The molecule has 0 radical (unpaired) electrons. The molecule has 0 aliphatic rings. The van der Waals surface area contributed by atoms with Crippen LogP contribution in [0.15, 0.2) is 77.7 Å². The first-order valence-corrected chi connectivity index (χ1v) is 10.2. The van der Waals surface area contributed by atoms with Gasteiger partial charge in [0.15, 0.2) is 6.61 Å². The van der Waals surface area contributed by atoms with Crippen molar-refractivity contribution in [3.8, 4) is 11.5 Å². The maximum Gasteiger partial charge on any atom is 0.262 e. The summed E-state index contributed by atoms with van der Waals surface area (Å²) in [7, 11) is 0. The van der Waals surface area contributed by atoms with Crippen LogP contribution in [0.1, 0.15) is 16.8 Å². The first-order valence-electron chi connectivity index (χ1n) is 10.2.